The predicted octanol–water partition coefficient (Wildman–Crippen LogP) is 0.827. The van der Waals surface area contributed by atoms with Gasteiger partial charge in [-0.1, -0.05) is 0 Å². The molecule has 0 radical (unpaired) electrons. The molecule has 1 aliphatic heterocycles. The molecular formula is C12H21N3O3S. The van der Waals surface area contributed by atoms with Gasteiger partial charge in [0.05, 0.1) is 23.3 Å². The highest BCUT2D eigenvalue weighted by Gasteiger charge is 2.31. The van der Waals surface area contributed by atoms with E-state index in [2.05, 4.69) is 10.3 Å². The molecule has 1 aromatic heterocycles. The Kier molecular flexibility index (Phi) is 4.46. The van der Waals surface area contributed by atoms with Crippen molar-refractivity contribution in [3.63, 3.8) is 0 Å². The van der Waals surface area contributed by atoms with Crippen molar-refractivity contribution in [2.75, 3.05) is 31.3 Å². The summed E-state index contributed by atoms with van der Waals surface area (Å²) >= 11 is 0. The number of sulfone groups is 1. The van der Waals surface area contributed by atoms with Crippen LogP contribution in [-0.2, 0) is 21.1 Å². The monoisotopic (exact) mass is 287 g/mol. The fourth-order valence-electron chi connectivity index (χ4n) is 2.34. The standard InChI is InChI=1S/C12H21N3O3S/c1-10-9-15(5-6-18-2)12(14-10)13-8-11-4-3-7-19(11,16)17/h9,11H,3-8H2,1-2H3,(H,13,14). The Hall–Kier alpha value is -1.08. The number of imidazole rings is 1. The van der Waals surface area contributed by atoms with Crippen LogP contribution < -0.4 is 5.32 Å². The van der Waals surface area contributed by atoms with Gasteiger partial charge in [-0.2, -0.15) is 0 Å². The molecule has 0 aromatic carbocycles. The first-order chi connectivity index (χ1) is 9.03. The zero-order chi connectivity index (χ0) is 13.9. The molecule has 1 N–H and O–H groups in total. The van der Waals surface area contributed by atoms with Crippen molar-refractivity contribution >= 4 is 15.8 Å². The first-order valence-electron chi connectivity index (χ1n) is 6.51. The van der Waals surface area contributed by atoms with Crippen LogP contribution in [0.2, 0.25) is 0 Å². The molecule has 0 aliphatic carbocycles. The lowest BCUT2D eigenvalue weighted by Crippen LogP contribution is -2.26. The maximum atomic E-state index is 11.8. The Labute approximate surface area is 114 Å². The quantitative estimate of drug-likeness (QED) is 0.839. The van der Waals surface area contributed by atoms with Crippen LogP contribution in [0.1, 0.15) is 18.5 Å². The van der Waals surface area contributed by atoms with Crippen LogP contribution in [-0.4, -0.2) is 49.2 Å². The molecule has 2 heterocycles. The summed E-state index contributed by atoms with van der Waals surface area (Å²) in [6.07, 6.45) is 3.45. The van der Waals surface area contributed by atoms with Crippen molar-refractivity contribution in [1.29, 1.82) is 0 Å². The summed E-state index contributed by atoms with van der Waals surface area (Å²) in [6, 6.07) is 0. The molecule has 1 fully saturated rings. The molecule has 6 nitrogen and oxygen atoms in total. The van der Waals surface area contributed by atoms with E-state index in [9.17, 15) is 8.42 Å². The van der Waals surface area contributed by atoms with E-state index in [0.717, 1.165) is 24.5 Å². The van der Waals surface area contributed by atoms with Crippen molar-refractivity contribution < 1.29 is 13.2 Å². The first kappa shape index (κ1) is 14.3. The van der Waals surface area contributed by atoms with Gasteiger partial charge in [-0.3, -0.25) is 0 Å². The summed E-state index contributed by atoms with van der Waals surface area (Å²) in [5.74, 6) is 1.04. The zero-order valence-electron chi connectivity index (χ0n) is 11.4. The summed E-state index contributed by atoms with van der Waals surface area (Å²) in [5.41, 5.74) is 0.910. The average molecular weight is 287 g/mol. The van der Waals surface area contributed by atoms with Crippen LogP contribution in [0, 0.1) is 6.92 Å². The number of rotatable bonds is 6. The van der Waals surface area contributed by atoms with E-state index in [-0.39, 0.29) is 5.25 Å². The van der Waals surface area contributed by atoms with E-state index < -0.39 is 9.84 Å². The molecule has 2 rings (SSSR count). The number of ether oxygens (including phenoxy) is 1. The van der Waals surface area contributed by atoms with E-state index in [4.69, 9.17) is 4.74 Å². The van der Waals surface area contributed by atoms with Crippen molar-refractivity contribution in [2.24, 2.45) is 0 Å². The summed E-state index contributed by atoms with van der Waals surface area (Å²) < 4.78 is 30.5. The van der Waals surface area contributed by atoms with Crippen molar-refractivity contribution in [3.8, 4) is 0 Å². The van der Waals surface area contributed by atoms with Gasteiger partial charge >= 0.3 is 0 Å². The van der Waals surface area contributed by atoms with E-state index in [1.807, 2.05) is 17.7 Å². The molecule has 1 atom stereocenters. The van der Waals surface area contributed by atoms with E-state index in [0.29, 0.717) is 25.4 Å². The molecule has 108 valence electrons. The number of hydrogen-bond acceptors (Lipinski definition) is 5. The van der Waals surface area contributed by atoms with Crippen LogP contribution in [0.3, 0.4) is 0 Å². The number of aryl methyl sites for hydroxylation is 1. The average Bonchev–Trinajstić information content (AvgIpc) is 2.86. The fraction of sp³-hybridized carbons (Fsp3) is 0.750. The Balaban J connectivity index is 1.99. The lowest BCUT2D eigenvalue weighted by atomic mass is 10.2. The van der Waals surface area contributed by atoms with Gasteiger partial charge in [0.1, 0.15) is 0 Å². The minimum Gasteiger partial charge on any atom is -0.383 e. The molecule has 1 unspecified atom stereocenters. The van der Waals surface area contributed by atoms with Gasteiger partial charge in [-0.25, -0.2) is 13.4 Å². The van der Waals surface area contributed by atoms with Crippen molar-refractivity contribution in [2.45, 2.75) is 31.6 Å². The smallest absolute Gasteiger partial charge is 0.203 e. The highest BCUT2D eigenvalue weighted by molar-refractivity contribution is 7.92. The van der Waals surface area contributed by atoms with Gasteiger partial charge in [0.15, 0.2) is 9.84 Å². The largest absolute Gasteiger partial charge is 0.383 e. The van der Waals surface area contributed by atoms with E-state index in [1.165, 1.54) is 0 Å². The SMILES string of the molecule is COCCn1cc(C)nc1NCC1CCCS1(=O)=O. The second-order valence-electron chi connectivity index (χ2n) is 4.90. The highest BCUT2D eigenvalue weighted by atomic mass is 32.2. The molecule has 7 heteroatoms. The maximum Gasteiger partial charge on any atom is 0.203 e. The van der Waals surface area contributed by atoms with Crippen LogP contribution in [0.15, 0.2) is 6.20 Å². The van der Waals surface area contributed by atoms with Crippen molar-refractivity contribution in [1.82, 2.24) is 9.55 Å². The lowest BCUT2D eigenvalue weighted by Gasteiger charge is -2.12. The van der Waals surface area contributed by atoms with Crippen LogP contribution in [0.4, 0.5) is 5.95 Å². The Morgan fingerprint density at radius 3 is 3.00 bits per heavy atom. The van der Waals surface area contributed by atoms with Crippen LogP contribution in [0.25, 0.3) is 0 Å². The molecule has 0 bridgehead atoms. The second-order valence-corrected chi connectivity index (χ2v) is 7.30. The predicted molar refractivity (Wildman–Crippen MR) is 74.1 cm³/mol. The molecule has 1 aliphatic rings. The number of aromatic nitrogens is 2. The molecule has 0 amide bonds. The molecule has 0 spiro atoms. The normalized spacial score (nSPS) is 21.7. The van der Waals surface area contributed by atoms with Gasteiger partial charge in [0.25, 0.3) is 0 Å². The number of methoxy groups -OCH3 is 1. The third-order valence-electron chi connectivity index (χ3n) is 3.38. The zero-order valence-corrected chi connectivity index (χ0v) is 12.2. The lowest BCUT2D eigenvalue weighted by molar-refractivity contribution is 0.187. The third kappa shape index (κ3) is 3.48. The Morgan fingerprint density at radius 2 is 2.37 bits per heavy atom. The van der Waals surface area contributed by atoms with Gasteiger partial charge < -0.3 is 14.6 Å². The minimum absolute atomic E-state index is 0.277. The highest BCUT2D eigenvalue weighted by Crippen LogP contribution is 2.20. The summed E-state index contributed by atoms with van der Waals surface area (Å²) in [7, 11) is -1.25. The fourth-order valence-corrected chi connectivity index (χ4v) is 4.11. The minimum atomic E-state index is -2.90. The van der Waals surface area contributed by atoms with E-state index >= 15 is 0 Å². The molecule has 1 saturated heterocycles. The van der Waals surface area contributed by atoms with Gasteiger partial charge in [-0.05, 0) is 19.8 Å². The Morgan fingerprint density at radius 1 is 1.58 bits per heavy atom. The summed E-state index contributed by atoms with van der Waals surface area (Å²) in [5, 5.41) is 2.88. The molecular weight excluding hydrogens is 266 g/mol. The second kappa shape index (κ2) is 5.92. The molecule has 19 heavy (non-hydrogen) atoms. The topological polar surface area (TPSA) is 73.2 Å². The Bertz CT molecular complexity index is 524. The first-order valence-corrected chi connectivity index (χ1v) is 8.22. The van der Waals surface area contributed by atoms with Crippen molar-refractivity contribution in [3.05, 3.63) is 11.9 Å². The van der Waals surface area contributed by atoms with E-state index in [1.54, 1.807) is 7.11 Å². The molecule has 0 saturated carbocycles. The maximum absolute atomic E-state index is 11.8. The van der Waals surface area contributed by atoms with Gasteiger partial charge in [0.2, 0.25) is 5.95 Å². The van der Waals surface area contributed by atoms with Crippen LogP contribution in [0.5, 0.6) is 0 Å². The summed E-state index contributed by atoms with van der Waals surface area (Å²) in [4.78, 5) is 4.37. The number of nitrogens with one attached hydrogen (secondary N) is 1. The number of hydrogen-bond donors (Lipinski definition) is 1. The van der Waals surface area contributed by atoms with Gasteiger partial charge in [-0.15, -0.1) is 0 Å². The number of anilines is 1. The number of nitrogens with zero attached hydrogens (tertiary/aromatic N) is 2. The van der Waals surface area contributed by atoms with Gasteiger partial charge in [0, 0.05) is 26.4 Å². The van der Waals surface area contributed by atoms with Crippen LogP contribution >= 0.6 is 0 Å². The third-order valence-corrected chi connectivity index (χ3v) is 5.66. The summed E-state index contributed by atoms with van der Waals surface area (Å²) in [6.45, 7) is 3.66. The molecule has 1 aromatic rings.